The van der Waals surface area contributed by atoms with E-state index in [1.807, 2.05) is 6.92 Å². The van der Waals surface area contributed by atoms with Gasteiger partial charge in [-0.3, -0.25) is 10.9 Å². The Morgan fingerprint density at radius 1 is 1.29 bits per heavy atom. The lowest BCUT2D eigenvalue weighted by Gasteiger charge is -2.23. The van der Waals surface area contributed by atoms with Crippen LogP contribution in [0, 0.1) is 5.92 Å². The summed E-state index contributed by atoms with van der Waals surface area (Å²) in [5.41, 5.74) is 6.77. The summed E-state index contributed by atoms with van der Waals surface area (Å²) in [7, 11) is 0. The highest BCUT2D eigenvalue weighted by molar-refractivity contribution is 5.85. The Bertz CT molecular complexity index is 414. The Balaban J connectivity index is 0.00000220. The summed E-state index contributed by atoms with van der Waals surface area (Å²) in [5, 5.41) is 3.06. The molecule has 3 N–H and O–H groups in total. The fourth-order valence-corrected chi connectivity index (χ4v) is 2.41. The van der Waals surface area contributed by atoms with Gasteiger partial charge in [-0.15, -0.1) is 12.4 Å². The lowest BCUT2D eigenvalue weighted by Crippen LogP contribution is -2.35. The Hall–Kier alpha value is -0.820. The van der Waals surface area contributed by atoms with Crippen molar-refractivity contribution in [3.63, 3.8) is 0 Å². The van der Waals surface area contributed by atoms with Gasteiger partial charge in [-0.1, -0.05) is 30.3 Å². The molecular formula is C14H21ClF3N3. The molecule has 0 saturated carbocycles. The van der Waals surface area contributed by atoms with Crippen LogP contribution in [-0.4, -0.2) is 25.3 Å². The van der Waals surface area contributed by atoms with E-state index in [0.717, 1.165) is 6.54 Å². The molecule has 3 nitrogen and oxygen atoms in total. The number of hydrogen-bond donors (Lipinski definition) is 3. The maximum Gasteiger partial charge on any atom is 0.390 e. The van der Waals surface area contributed by atoms with Gasteiger partial charge in [0.1, 0.15) is 0 Å². The first kappa shape index (κ1) is 18.2. The standard InChI is InChI=1S/C14H20F3N3.ClH/c1-10-12(9-19-20-10)8-18-13(7-14(15,16)17)11-5-3-2-4-6-11;/h2-6,10,12-13,18-20H,7-9H2,1H3;1H. The molecule has 3 unspecified atom stereocenters. The highest BCUT2D eigenvalue weighted by Crippen LogP contribution is 2.29. The predicted molar refractivity (Wildman–Crippen MR) is 79.2 cm³/mol. The molecule has 120 valence electrons. The van der Waals surface area contributed by atoms with E-state index in [1.165, 1.54) is 0 Å². The molecule has 0 amide bonds. The van der Waals surface area contributed by atoms with Crippen LogP contribution in [0.3, 0.4) is 0 Å². The number of benzene rings is 1. The molecule has 0 bridgehead atoms. The zero-order valence-corrected chi connectivity index (χ0v) is 12.6. The van der Waals surface area contributed by atoms with Gasteiger partial charge in [0.25, 0.3) is 0 Å². The van der Waals surface area contributed by atoms with Gasteiger partial charge < -0.3 is 5.32 Å². The minimum absolute atomic E-state index is 0. The fourth-order valence-electron chi connectivity index (χ4n) is 2.41. The number of nitrogens with one attached hydrogen (secondary N) is 3. The molecule has 1 heterocycles. The van der Waals surface area contributed by atoms with E-state index in [9.17, 15) is 13.2 Å². The first-order chi connectivity index (χ1) is 9.46. The molecule has 21 heavy (non-hydrogen) atoms. The maximum absolute atomic E-state index is 12.7. The van der Waals surface area contributed by atoms with Crippen molar-refractivity contribution < 1.29 is 13.2 Å². The van der Waals surface area contributed by atoms with Gasteiger partial charge in [0, 0.05) is 31.1 Å². The Kier molecular flexibility index (Phi) is 6.93. The average Bonchev–Trinajstić information content (AvgIpc) is 2.80. The molecule has 1 aromatic rings. The van der Waals surface area contributed by atoms with E-state index < -0.39 is 18.6 Å². The van der Waals surface area contributed by atoms with Gasteiger partial charge in [0.2, 0.25) is 0 Å². The molecule has 1 aromatic carbocycles. The minimum Gasteiger partial charge on any atom is -0.309 e. The van der Waals surface area contributed by atoms with E-state index in [0.29, 0.717) is 12.1 Å². The molecule has 0 aliphatic carbocycles. The number of hydrogen-bond acceptors (Lipinski definition) is 3. The molecule has 1 fully saturated rings. The van der Waals surface area contributed by atoms with Crippen LogP contribution in [0.15, 0.2) is 30.3 Å². The molecule has 1 aliphatic rings. The summed E-state index contributed by atoms with van der Waals surface area (Å²) >= 11 is 0. The van der Waals surface area contributed by atoms with Crippen LogP contribution in [0.5, 0.6) is 0 Å². The van der Waals surface area contributed by atoms with Crippen molar-refractivity contribution in [1.29, 1.82) is 0 Å². The van der Waals surface area contributed by atoms with Gasteiger partial charge in [-0.2, -0.15) is 13.2 Å². The van der Waals surface area contributed by atoms with Crippen molar-refractivity contribution in [1.82, 2.24) is 16.2 Å². The fraction of sp³-hybridized carbons (Fsp3) is 0.571. The highest BCUT2D eigenvalue weighted by Gasteiger charge is 2.33. The summed E-state index contributed by atoms with van der Waals surface area (Å²) < 4.78 is 38.1. The van der Waals surface area contributed by atoms with Gasteiger partial charge in [0.15, 0.2) is 0 Å². The second-order valence-electron chi connectivity index (χ2n) is 5.26. The van der Waals surface area contributed by atoms with E-state index in [1.54, 1.807) is 30.3 Å². The third kappa shape index (κ3) is 5.82. The van der Waals surface area contributed by atoms with Crippen molar-refractivity contribution in [3.05, 3.63) is 35.9 Å². The van der Waals surface area contributed by atoms with E-state index in [4.69, 9.17) is 0 Å². The average molecular weight is 324 g/mol. The van der Waals surface area contributed by atoms with Crippen molar-refractivity contribution in [2.45, 2.75) is 31.6 Å². The molecule has 1 aliphatic heterocycles. The second kappa shape index (κ2) is 7.98. The molecule has 3 atom stereocenters. The predicted octanol–water partition coefficient (Wildman–Crippen LogP) is 2.80. The number of alkyl halides is 3. The molecule has 2 rings (SSSR count). The Morgan fingerprint density at radius 3 is 2.48 bits per heavy atom. The molecule has 0 radical (unpaired) electrons. The molecule has 0 aromatic heterocycles. The Morgan fingerprint density at radius 2 is 1.95 bits per heavy atom. The molecular weight excluding hydrogens is 303 g/mol. The highest BCUT2D eigenvalue weighted by atomic mass is 35.5. The summed E-state index contributed by atoms with van der Waals surface area (Å²) in [6.07, 6.45) is -5.02. The van der Waals surface area contributed by atoms with Gasteiger partial charge >= 0.3 is 6.18 Å². The molecule has 1 saturated heterocycles. The van der Waals surface area contributed by atoms with Crippen molar-refractivity contribution in [2.75, 3.05) is 13.1 Å². The van der Waals surface area contributed by atoms with Crippen LogP contribution in [0.1, 0.15) is 24.9 Å². The van der Waals surface area contributed by atoms with Crippen LogP contribution < -0.4 is 16.2 Å². The zero-order chi connectivity index (χ0) is 14.6. The first-order valence-electron chi connectivity index (χ1n) is 6.79. The van der Waals surface area contributed by atoms with Gasteiger partial charge in [-0.25, -0.2) is 0 Å². The number of rotatable bonds is 5. The topological polar surface area (TPSA) is 36.1 Å². The summed E-state index contributed by atoms with van der Waals surface area (Å²) in [6, 6.07) is 8.37. The minimum atomic E-state index is -4.18. The number of hydrazine groups is 1. The lowest BCUT2D eigenvalue weighted by molar-refractivity contribution is -0.140. The van der Waals surface area contributed by atoms with E-state index in [2.05, 4.69) is 16.2 Å². The van der Waals surface area contributed by atoms with Crippen LogP contribution in [0.4, 0.5) is 13.2 Å². The van der Waals surface area contributed by atoms with Crippen LogP contribution in [-0.2, 0) is 0 Å². The van der Waals surface area contributed by atoms with Crippen molar-refractivity contribution in [3.8, 4) is 0 Å². The largest absolute Gasteiger partial charge is 0.390 e. The zero-order valence-electron chi connectivity index (χ0n) is 11.8. The Labute approximate surface area is 129 Å². The van der Waals surface area contributed by atoms with E-state index >= 15 is 0 Å². The van der Waals surface area contributed by atoms with Crippen molar-refractivity contribution >= 4 is 12.4 Å². The number of halogens is 4. The third-order valence-electron chi connectivity index (χ3n) is 3.67. The SMILES string of the molecule is CC1NNCC1CNC(CC(F)(F)F)c1ccccc1.Cl. The quantitative estimate of drug-likeness (QED) is 0.780. The maximum atomic E-state index is 12.7. The summed E-state index contributed by atoms with van der Waals surface area (Å²) in [6.45, 7) is 3.34. The van der Waals surface area contributed by atoms with Crippen LogP contribution >= 0.6 is 12.4 Å². The molecule has 7 heteroatoms. The van der Waals surface area contributed by atoms with E-state index in [-0.39, 0.29) is 24.4 Å². The summed E-state index contributed by atoms with van der Waals surface area (Å²) in [5.74, 6) is 0.287. The van der Waals surface area contributed by atoms with Gasteiger partial charge in [0.05, 0.1) is 6.42 Å². The smallest absolute Gasteiger partial charge is 0.309 e. The first-order valence-corrected chi connectivity index (χ1v) is 6.79. The normalized spacial score (nSPS) is 23.6. The summed E-state index contributed by atoms with van der Waals surface area (Å²) in [4.78, 5) is 0. The van der Waals surface area contributed by atoms with Crippen molar-refractivity contribution in [2.24, 2.45) is 5.92 Å². The van der Waals surface area contributed by atoms with Crippen LogP contribution in [0.2, 0.25) is 0 Å². The van der Waals surface area contributed by atoms with Gasteiger partial charge in [-0.05, 0) is 12.5 Å². The third-order valence-corrected chi connectivity index (χ3v) is 3.67. The van der Waals surface area contributed by atoms with Crippen LogP contribution in [0.25, 0.3) is 0 Å². The monoisotopic (exact) mass is 323 g/mol. The lowest BCUT2D eigenvalue weighted by atomic mass is 10.00. The molecule has 0 spiro atoms. The second-order valence-corrected chi connectivity index (χ2v) is 5.26.